The van der Waals surface area contributed by atoms with Gasteiger partial charge in [-0.05, 0) is 55.8 Å². The van der Waals surface area contributed by atoms with Crippen LogP contribution in [0.4, 0.5) is 4.79 Å². The van der Waals surface area contributed by atoms with Crippen LogP contribution in [0.1, 0.15) is 39.0 Å². The smallest absolute Gasteiger partial charge is 0.437 e. The molecular weight excluding hydrogens is 466 g/mol. The number of nitrogens with zero attached hydrogens (tertiary/aromatic N) is 3. The van der Waals surface area contributed by atoms with Gasteiger partial charge in [-0.2, -0.15) is 5.10 Å². The first-order valence-electron chi connectivity index (χ1n) is 9.80. The zero-order chi connectivity index (χ0) is 22.6. The lowest BCUT2D eigenvalue weighted by Gasteiger charge is -2.18. The predicted molar refractivity (Wildman–Crippen MR) is 118 cm³/mol. The number of rotatable bonds is 6. The summed E-state index contributed by atoms with van der Waals surface area (Å²) in [6, 6.07) is 9.05. The van der Waals surface area contributed by atoms with Gasteiger partial charge in [0.15, 0.2) is 5.65 Å². The highest BCUT2D eigenvalue weighted by Crippen LogP contribution is 2.25. The van der Waals surface area contributed by atoms with Crippen molar-refractivity contribution in [3.05, 3.63) is 52.3 Å². The largest absolute Gasteiger partial charge is 0.487 e. The fraction of sp³-hybridized carbons (Fsp3) is 0.364. The Balaban J connectivity index is 1.88. The third-order valence-electron chi connectivity index (χ3n) is 4.11. The molecule has 0 atom stereocenters. The van der Waals surface area contributed by atoms with Gasteiger partial charge >= 0.3 is 12.1 Å². The van der Waals surface area contributed by atoms with Crippen molar-refractivity contribution in [1.29, 1.82) is 0 Å². The van der Waals surface area contributed by atoms with Gasteiger partial charge < -0.3 is 14.2 Å². The summed E-state index contributed by atoms with van der Waals surface area (Å²) in [5, 5.41) is 5.05. The Morgan fingerprint density at radius 1 is 1.19 bits per heavy atom. The summed E-state index contributed by atoms with van der Waals surface area (Å²) in [5.74, 6) is 0.213. The van der Waals surface area contributed by atoms with Crippen LogP contribution in [0.3, 0.4) is 0 Å². The molecule has 2 heterocycles. The second kappa shape index (κ2) is 9.47. The normalized spacial score (nSPS) is 11.4. The molecule has 0 saturated heterocycles. The summed E-state index contributed by atoms with van der Waals surface area (Å²) in [7, 11) is 0. The van der Waals surface area contributed by atoms with Crippen molar-refractivity contribution in [1.82, 2.24) is 14.8 Å². The number of esters is 1. The molecule has 3 aromatic rings. The SMILES string of the molecule is CCOC(=O)Cc1ccccc1OCc1nn(C(=O)OC(C)(C)C)c2ncc(Br)cc12. The molecule has 0 aliphatic heterocycles. The molecule has 164 valence electrons. The van der Waals surface area contributed by atoms with Gasteiger partial charge in [0, 0.05) is 21.6 Å². The Hall–Kier alpha value is -2.94. The van der Waals surface area contributed by atoms with Crippen LogP contribution in [0.5, 0.6) is 5.75 Å². The van der Waals surface area contributed by atoms with Gasteiger partial charge in [-0.25, -0.2) is 9.78 Å². The van der Waals surface area contributed by atoms with Crippen LogP contribution in [0.25, 0.3) is 11.0 Å². The van der Waals surface area contributed by atoms with E-state index in [-0.39, 0.29) is 19.0 Å². The van der Waals surface area contributed by atoms with Crippen molar-refractivity contribution >= 4 is 39.0 Å². The lowest BCUT2D eigenvalue weighted by atomic mass is 10.1. The maximum atomic E-state index is 12.6. The molecule has 0 unspecified atom stereocenters. The summed E-state index contributed by atoms with van der Waals surface area (Å²) >= 11 is 3.40. The number of halogens is 1. The van der Waals surface area contributed by atoms with Gasteiger partial charge in [-0.15, -0.1) is 4.68 Å². The molecule has 0 bridgehead atoms. The molecule has 2 aromatic heterocycles. The highest BCUT2D eigenvalue weighted by Gasteiger charge is 2.23. The molecule has 1 aromatic carbocycles. The molecule has 0 spiro atoms. The molecule has 3 rings (SSSR count). The molecule has 0 aliphatic carbocycles. The van der Waals surface area contributed by atoms with Crippen molar-refractivity contribution in [3.8, 4) is 5.75 Å². The number of hydrogen-bond donors (Lipinski definition) is 0. The van der Waals surface area contributed by atoms with E-state index in [9.17, 15) is 9.59 Å². The summed E-state index contributed by atoms with van der Waals surface area (Å²) in [6.07, 6.45) is 1.07. The van der Waals surface area contributed by atoms with E-state index in [0.717, 1.165) is 9.15 Å². The topological polar surface area (TPSA) is 92.5 Å². The highest BCUT2D eigenvalue weighted by molar-refractivity contribution is 9.10. The Bertz CT molecular complexity index is 1100. The Morgan fingerprint density at radius 2 is 1.94 bits per heavy atom. The first kappa shape index (κ1) is 22.7. The van der Waals surface area contributed by atoms with Gasteiger partial charge in [0.1, 0.15) is 23.7 Å². The monoisotopic (exact) mass is 489 g/mol. The molecule has 0 amide bonds. The zero-order valence-electron chi connectivity index (χ0n) is 17.8. The van der Waals surface area contributed by atoms with Crippen LogP contribution in [0, 0.1) is 0 Å². The predicted octanol–water partition coefficient (Wildman–Crippen LogP) is 4.66. The van der Waals surface area contributed by atoms with Crippen LogP contribution in [-0.4, -0.2) is 39.0 Å². The Kier molecular flexibility index (Phi) is 6.94. The average Bonchev–Trinajstić information content (AvgIpc) is 3.04. The van der Waals surface area contributed by atoms with Gasteiger partial charge in [-0.1, -0.05) is 18.2 Å². The first-order chi connectivity index (χ1) is 14.7. The van der Waals surface area contributed by atoms with Crippen LogP contribution in [0.15, 0.2) is 41.0 Å². The number of para-hydroxylation sites is 1. The standard InChI is InChI=1S/C22H24BrN3O5/c1-5-29-19(27)10-14-8-6-7-9-18(14)30-13-17-16-11-15(23)12-24-20(16)26(25-17)21(28)31-22(2,3)4/h6-9,11-12H,5,10,13H2,1-4H3. The van der Waals surface area contributed by atoms with Gasteiger partial charge in [-0.3, -0.25) is 4.79 Å². The lowest BCUT2D eigenvalue weighted by Crippen LogP contribution is -2.28. The third-order valence-corrected chi connectivity index (χ3v) is 4.54. The van der Waals surface area contributed by atoms with Crippen molar-refractivity contribution in [2.45, 2.75) is 46.3 Å². The van der Waals surface area contributed by atoms with Crippen molar-refractivity contribution < 1.29 is 23.8 Å². The Labute approximate surface area is 188 Å². The zero-order valence-corrected chi connectivity index (χ0v) is 19.4. The van der Waals surface area contributed by atoms with Crippen LogP contribution in [-0.2, 0) is 27.3 Å². The molecular formula is C22H24BrN3O5. The second-order valence-electron chi connectivity index (χ2n) is 7.74. The van der Waals surface area contributed by atoms with E-state index in [2.05, 4.69) is 26.0 Å². The Morgan fingerprint density at radius 3 is 2.65 bits per heavy atom. The quantitative estimate of drug-likeness (QED) is 0.464. The average molecular weight is 490 g/mol. The minimum absolute atomic E-state index is 0.0737. The number of benzene rings is 1. The van der Waals surface area contributed by atoms with E-state index in [1.165, 1.54) is 0 Å². The van der Waals surface area contributed by atoms with E-state index in [4.69, 9.17) is 14.2 Å². The number of carbonyl (C=O) groups is 2. The van der Waals surface area contributed by atoms with E-state index in [0.29, 0.717) is 34.6 Å². The van der Waals surface area contributed by atoms with E-state index in [1.54, 1.807) is 40.0 Å². The van der Waals surface area contributed by atoms with Gasteiger partial charge in [0.2, 0.25) is 0 Å². The maximum Gasteiger partial charge on any atom is 0.437 e. The number of ether oxygens (including phenoxy) is 3. The van der Waals surface area contributed by atoms with Crippen LogP contribution < -0.4 is 4.74 Å². The summed E-state index contributed by atoms with van der Waals surface area (Å²) < 4.78 is 18.3. The number of aromatic nitrogens is 3. The van der Waals surface area contributed by atoms with Crippen LogP contribution in [0.2, 0.25) is 0 Å². The lowest BCUT2D eigenvalue weighted by molar-refractivity contribution is -0.142. The second-order valence-corrected chi connectivity index (χ2v) is 8.66. The fourth-order valence-corrected chi connectivity index (χ4v) is 3.21. The van der Waals surface area contributed by atoms with Crippen molar-refractivity contribution in [2.75, 3.05) is 6.61 Å². The summed E-state index contributed by atoms with van der Waals surface area (Å²) in [4.78, 5) is 28.8. The minimum atomic E-state index is -0.673. The molecule has 8 nitrogen and oxygen atoms in total. The van der Waals surface area contributed by atoms with E-state index in [1.807, 2.05) is 24.3 Å². The number of carbonyl (C=O) groups excluding carboxylic acids is 2. The maximum absolute atomic E-state index is 12.6. The number of fused-ring (bicyclic) bond motifs is 1. The molecule has 9 heteroatoms. The minimum Gasteiger partial charge on any atom is -0.487 e. The molecule has 0 N–H and O–H groups in total. The summed E-state index contributed by atoms with van der Waals surface area (Å²) in [6.45, 7) is 7.50. The fourth-order valence-electron chi connectivity index (χ4n) is 2.88. The van der Waals surface area contributed by atoms with E-state index >= 15 is 0 Å². The molecule has 0 fully saturated rings. The van der Waals surface area contributed by atoms with Crippen molar-refractivity contribution in [3.63, 3.8) is 0 Å². The third kappa shape index (κ3) is 5.81. The van der Waals surface area contributed by atoms with Crippen LogP contribution >= 0.6 is 15.9 Å². The van der Waals surface area contributed by atoms with E-state index < -0.39 is 11.7 Å². The highest BCUT2D eigenvalue weighted by atomic mass is 79.9. The molecule has 0 radical (unpaired) electrons. The molecule has 0 aliphatic rings. The number of pyridine rings is 1. The molecule has 31 heavy (non-hydrogen) atoms. The van der Waals surface area contributed by atoms with Crippen molar-refractivity contribution in [2.24, 2.45) is 0 Å². The van der Waals surface area contributed by atoms with Gasteiger partial charge in [0.05, 0.1) is 13.0 Å². The number of hydrogen-bond acceptors (Lipinski definition) is 7. The van der Waals surface area contributed by atoms with Gasteiger partial charge in [0.25, 0.3) is 0 Å². The summed E-state index contributed by atoms with van der Waals surface area (Å²) in [5.41, 5.74) is 0.917. The molecule has 0 saturated carbocycles. The first-order valence-corrected chi connectivity index (χ1v) is 10.6.